The van der Waals surface area contributed by atoms with Gasteiger partial charge < -0.3 is 21.5 Å². The van der Waals surface area contributed by atoms with Crippen molar-refractivity contribution in [1.82, 2.24) is 15.0 Å². The molecule has 0 saturated heterocycles. The van der Waals surface area contributed by atoms with E-state index in [2.05, 4.69) is 20.3 Å². The van der Waals surface area contributed by atoms with Crippen LogP contribution in [0.1, 0.15) is 10.5 Å². The van der Waals surface area contributed by atoms with E-state index in [-0.39, 0.29) is 28.5 Å². The number of aromatic nitrogens is 3. The van der Waals surface area contributed by atoms with Crippen LogP contribution in [0.25, 0.3) is 22.5 Å². The number of anilines is 3. The predicted molar refractivity (Wildman–Crippen MR) is 120 cm³/mol. The Kier molecular flexibility index (Phi) is 5.81. The Balaban J connectivity index is 1.72. The number of rotatable bonds is 5. The number of hydrogen-bond donors (Lipinski definition) is 3. The number of nitrogens with two attached hydrogens (primary N) is 2. The van der Waals surface area contributed by atoms with Gasteiger partial charge in [-0.25, -0.2) is 18.7 Å². The first-order chi connectivity index (χ1) is 15.9. The first-order valence-corrected chi connectivity index (χ1v) is 9.65. The largest absolute Gasteiger partial charge is 0.497 e. The molecule has 33 heavy (non-hydrogen) atoms. The second kappa shape index (κ2) is 8.87. The lowest BCUT2D eigenvalue weighted by Crippen LogP contribution is -2.17. The molecule has 1 aromatic carbocycles. The minimum absolute atomic E-state index is 0.0298. The van der Waals surface area contributed by atoms with Crippen LogP contribution in [0.4, 0.5) is 26.0 Å². The van der Waals surface area contributed by atoms with E-state index in [4.69, 9.17) is 16.2 Å². The predicted octanol–water partition coefficient (Wildman–Crippen LogP) is 3.91. The highest BCUT2D eigenvalue weighted by Crippen LogP contribution is 2.31. The van der Waals surface area contributed by atoms with Crippen LogP contribution in [0.5, 0.6) is 5.75 Å². The quantitative estimate of drug-likeness (QED) is 0.422. The third-order valence-corrected chi connectivity index (χ3v) is 4.76. The highest BCUT2D eigenvalue weighted by molar-refractivity contribution is 6.08. The lowest BCUT2D eigenvalue weighted by atomic mass is 10.1. The molecule has 0 aliphatic heterocycles. The molecule has 4 aromatic rings. The van der Waals surface area contributed by atoms with Crippen LogP contribution in [0.2, 0.25) is 0 Å². The van der Waals surface area contributed by atoms with Gasteiger partial charge in [0.25, 0.3) is 5.91 Å². The molecule has 0 radical (unpaired) electrons. The van der Waals surface area contributed by atoms with E-state index in [1.165, 1.54) is 37.7 Å². The highest BCUT2D eigenvalue weighted by Gasteiger charge is 2.19. The summed E-state index contributed by atoms with van der Waals surface area (Å²) in [5.41, 5.74) is 12.4. The van der Waals surface area contributed by atoms with Crippen LogP contribution in [-0.2, 0) is 0 Å². The fourth-order valence-electron chi connectivity index (χ4n) is 3.21. The minimum Gasteiger partial charge on any atom is -0.497 e. The van der Waals surface area contributed by atoms with Crippen molar-refractivity contribution in [3.63, 3.8) is 0 Å². The fourth-order valence-corrected chi connectivity index (χ4v) is 3.21. The van der Waals surface area contributed by atoms with Crippen LogP contribution in [0.15, 0.2) is 60.9 Å². The Morgan fingerprint density at radius 3 is 2.48 bits per heavy atom. The summed E-state index contributed by atoms with van der Waals surface area (Å²) < 4.78 is 33.6. The number of carbonyl (C=O) groups is 1. The van der Waals surface area contributed by atoms with Crippen molar-refractivity contribution >= 4 is 23.1 Å². The summed E-state index contributed by atoms with van der Waals surface area (Å²) in [4.78, 5) is 25.5. The maximum atomic E-state index is 14.2. The molecule has 10 heteroatoms. The molecule has 0 aliphatic carbocycles. The molecule has 3 heterocycles. The molecule has 0 saturated carbocycles. The standard InChI is InChI=1S/C23H18F2N6O2/c1-33-12-9-18(29-20(27)10-12)13-7-8-28-11-19(13)31-23(32)22-16(26)5-6-17(30-22)21-14(24)3-2-4-15(21)25/h2-11H,26H2,1H3,(H2,27,29)(H,31,32). The van der Waals surface area contributed by atoms with Gasteiger partial charge in [0.15, 0.2) is 5.69 Å². The van der Waals surface area contributed by atoms with Crippen molar-refractivity contribution < 1.29 is 18.3 Å². The molecule has 5 N–H and O–H groups in total. The number of nitrogens with one attached hydrogen (secondary N) is 1. The van der Waals surface area contributed by atoms with Gasteiger partial charge in [0.05, 0.1) is 41.6 Å². The zero-order valence-corrected chi connectivity index (χ0v) is 17.3. The Morgan fingerprint density at radius 1 is 1.00 bits per heavy atom. The van der Waals surface area contributed by atoms with Crippen LogP contribution in [0, 0.1) is 11.6 Å². The number of methoxy groups -OCH3 is 1. The summed E-state index contributed by atoms with van der Waals surface area (Å²) in [7, 11) is 1.49. The van der Waals surface area contributed by atoms with Crippen molar-refractivity contribution in [3.05, 3.63) is 78.3 Å². The first kappa shape index (κ1) is 21.6. The summed E-state index contributed by atoms with van der Waals surface area (Å²) in [6, 6.07) is 11.0. The Morgan fingerprint density at radius 2 is 1.76 bits per heavy atom. The zero-order valence-electron chi connectivity index (χ0n) is 17.3. The number of benzene rings is 1. The summed E-state index contributed by atoms with van der Waals surface area (Å²) in [6.45, 7) is 0. The molecule has 166 valence electrons. The van der Waals surface area contributed by atoms with E-state index in [0.29, 0.717) is 22.7 Å². The number of ether oxygens (including phenoxy) is 1. The second-order valence-electron chi connectivity index (χ2n) is 6.92. The van der Waals surface area contributed by atoms with Gasteiger partial charge in [-0.3, -0.25) is 9.78 Å². The van der Waals surface area contributed by atoms with E-state index in [0.717, 1.165) is 12.1 Å². The minimum atomic E-state index is -0.810. The smallest absolute Gasteiger partial charge is 0.276 e. The van der Waals surface area contributed by atoms with E-state index >= 15 is 0 Å². The lowest BCUT2D eigenvalue weighted by Gasteiger charge is -2.13. The highest BCUT2D eigenvalue weighted by atomic mass is 19.1. The number of hydrogen-bond acceptors (Lipinski definition) is 7. The molecule has 0 unspecified atom stereocenters. The average molecular weight is 448 g/mol. The number of nitrogens with zero attached hydrogens (tertiary/aromatic N) is 3. The zero-order chi connectivity index (χ0) is 23.5. The van der Waals surface area contributed by atoms with E-state index in [1.54, 1.807) is 18.2 Å². The summed E-state index contributed by atoms with van der Waals surface area (Å²) in [6.07, 6.45) is 2.94. The fraction of sp³-hybridized carbons (Fsp3) is 0.0435. The molecular formula is C23H18F2N6O2. The molecule has 1 amide bonds. The third kappa shape index (κ3) is 4.40. The molecule has 4 rings (SSSR count). The van der Waals surface area contributed by atoms with E-state index < -0.39 is 17.5 Å². The van der Waals surface area contributed by atoms with Crippen molar-refractivity contribution in [1.29, 1.82) is 0 Å². The number of carbonyl (C=O) groups excluding carboxylic acids is 1. The number of pyridine rings is 3. The van der Waals surface area contributed by atoms with Gasteiger partial charge in [-0.1, -0.05) is 6.07 Å². The summed E-state index contributed by atoms with van der Waals surface area (Å²) in [5, 5.41) is 2.68. The molecule has 0 spiro atoms. The van der Waals surface area contributed by atoms with Gasteiger partial charge in [-0.2, -0.15) is 0 Å². The molecular weight excluding hydrogens is 430 g/mol. The van der Waals surface area contributed by atoms with Crippen LogP contribution >= 0.6 is 0 Å². The maximum absolute atomic E-state index is 14.2. The van der Waals surface area contributed by atoms with E-state index in [1.807, 2.05) is 0 Å². The first-order valence-electron chi connectivity index (χ1n) is 9.65. The number of amides is 1. The van der Waals surface area contributed by atoms with Crippen LogP contribution in [-0.4, -0.2) is 28.0 Å². The van der Waals surface area contributed by atoms with Crippen molar-refractivity contribution in [2.75, 3.05) is 23.9 Å². The number of nitrogen functional groups attached to an aromatic ring is 2. The molecule has 3 aromatic heterocycles. The monoisotopic (exact) mass is 448 g/mol. The molecule has 8 nitrogen and oxygen atoms in total. The van der Waals surface area contributed by atoms with Gasteiger partial charge in [0, 0.05) is 23.9 Å². The van der Waals surface area contributed by atoms with Crippen LogP contribution in [0.3, 0.4) is 0 Å². The van der Waals surface area contributed by atoms with Crippen molar-refractivity contribution in [2.24, 2.45) is 0 Å². The van der Waals surface area contributed by atoms with Gasteiger partial charge >= 0.3 is 0 Å². The molecule has 0 bridgehead atoms. The average Bonchev–Trinajstić information content (AvgIpc) is 2.79. The van der Waals surface area contributed by atoms with Crippen LogP contribution < -0.4 is 21.5 Å². The number of halogens is 2. The Hall–Kier alpha value is -4.60. The normalized spacial score (nSPS) is 10.6. The van der Waals surface area contributed by atoms with Crippen molar-refractivity contribution in [2.45, 2.75) is 0 Å². The molecule has 0 atom stereocenters. The third-order valence-electron chi connectivity index (χ3n) is 4.76. The molecule has 0 fully saturated rings. The van der Waals surface area contributed by atoms with Gasteiger partial charge in [0.1, 0.15) is 23.2 Å². The summed E-state index contributed by atoms with van der Waals surface area (Å²) in [5.74, 6) is -1.61. The topological polar surface area (TPSA) is 129 Å². The Bertz CT molecular complexity index is 1340. The van der Waals surface area contributed by atoms with Gasteiger partial charge in [0.2, 0.25) is 0 Å². The van der Waals surface area contributed by atoms with Gasteiger partial charge in [-0.05, 0) is 30.3 Å². The maximum Gasteiger partial charge on any atom is 0.276 e. The SMILES string of the molecule is COc1cc(N)nc(-c2ccncc2NC(=O)c2nc(-c3c(F)cccc3F)ccc2N)c1. The molecule has 0 aliphatic rings. The lowest BCUT2D eigenvalue weighted by molar-refractivity contribution is 0.102. The van der Waals surface area contributed by atoms with E-state index in [9.17, 15) is 13.6 Å². The van der Waals surface area contributed by atoms with Crippen molar-refractivity contribution in [3.8, 4) is 28.3 Å². The second-order valence-corrected chi connectivity index (χ2v) is 6.92. The summed E-state index contributed by atoms with van der Waals surface area (Å²) >= 11 is 0. The van der Waals surface area contributed by atoms with Gasteiger partial charge in [-0.15, -0.1) is 0 Å². The Labute approximate surface area is 187 Å².